The van der Waals surface area contributed by atoms with Gasteiger partial charge in [-0.05, 0) is 36.8 Å². The van der Waals surface area contributed by atoms with Crippen molar-refractivity contribution in [2.45, 2.75) is 37.7 Å². The van der Waals surface area contributed by atoms with E-state index < -0.39 is 23.2 Å². The number of benzene rings is 1. The van der Waals surface area contributed by atoms with Gasteiger partial charge >= 0.3 is 12.2 Å². The highest BCUT2D eigenvalue weighted by Gasteiger charge is 2.47. The van der Waals surface area contributed by atoms with E-state index in [9.17, 15) is 18.0 Å². The Labute approximate surface area is 210 Å². The Balaban J connectivity index is 1.35. The first kappa shape index (κ1) is 24.6. The van der Waals surface area contributed by atoms with Crippen LogP contribution in [0.2, 0.25) is 0 Å². The summed E-state index contributed by atoms with van der Waals surface area (Å²) >= 11 is 0. The summed E-state index contributed by atoms with van der Waals surface area (Å²) in [5.41, 5.74) is 6.25. The summed E-state index contributed by atoms with van der Waals surface area (Å²) in [6.07, 6.45) is -2.85. The van der Waals surface area contributed by atoms with Gasteiger partial charge in [-0.1, -0.05) is 12.1 Å². The molecule has 192 valence electrons. The van der Waals surface area contributed by atoms with Crippen molar-refractivity contribution in [3.63, 3.8) is 0 Å². The van der Waals surface area contributed by atoms with E-state index in [0.717, 1.165) is 11.6 Å². The molecule has 1 unspecified atom stereocenters. The third kappa shape index (κ3) is 4.58. The van der Waals surface area contributed by atoms with E-state index in [1.54, 1.807) is 39.9 Å². The van der Waals surface area contributed by atoms with Crippen molar-refractivity contribution in [1.29, 1.82) is 5.26 Å². The minimum absolute atomic E-state index is 0.197. The molecule has 1 fully saturated rings. The third-order valence-electron chi connectivity index (χ3n) is 6.85. The molecule has 3 N–H and O–H groups in total. The van der Waals surface area contributed by atoms with Crippen LogP contribution in [0, 0.1) is 11.3 Å². The van der Waals surface area contributed by atoms with Crippen LogP contribution >= 0.6 is 0 Å². The van der Waals surface area contributed by atoms with Gasteiger partial charge in [-0.3, -0.25) is 4.68 Å². The van der Waals surface area contributed by atoms with Crippen molar-refractivity contribution in [2.24, 2.45) is 0 Å². The van der Waals surface area contributed by atoms with Crippen molar-refractivity contribution in [2.75, 3.05) is 25.4 Å². The number of nitriles is 1. The molecule has 1 aromatic carbocycles. The summed E-state index contributed by atoms with van der Waals surface area (Å²) in [4.78, 5) is 18.4. The third-order valence-corrected chi connectivity index (χ3v) is 6.85. The van der Waals surface area contributed by atoms with Gasteiger partial charge in [0.15, 0.2) is 0 Å². The Morgan fingerprint density at radius 3 is 2.73 bits per heavy atom. The number of halogens is 3. The molecule has 9 nitrogen and oxygen atoms in total. The van der Waals surface area contributed by atoms with E-state index in [-0.39, 0.29) is 24.2 Å². The molecule has 2 aliphatic heterocycles. The Morgan fingerprint density at radius 1 is 1.27 bits per heavy atom. The molecule has 2 aliphatic rings. The van der Waals surface area contributed by atoms with Crippen molar-refractivity contribution in [3.8, 4) is 17.3 Å². The number of likely N-dealkylation sites (tertiary alicyclic amines) is 1. The molecule has 3 aromatic rings. The van der Waals surface area contributed by atoms with E-state index in [1.165, 1.54) is 6.20 Å². The maximum atomic E-state index is 13.3. The number of fused-ring (bicyclic) bond motifs is 2. The lowest BCUT2D eigenvalue weighted by Crippen LogP contribution is -2.44. The van der Waals surface area contributed by atoms with E-state index in [2.05, 4.69) is 21.5 Å². The molecular weight excluding hydrogens is 487 g/mol. The Hall–Kier alpha value is -4.11. The fourth-order valence-corrected chi connectivity index (χ4v) is 4.83. The van der Waals surface area contributed by atoms with E-state index in [1.807, 2.05) is 6.92 Å². The molecule has 2 atom stereocenters. The van der Waals surface area contributed by atoms with E-state index in [0.29, 0.717) is 43.1 Å². The smallest absolute Gasteiger partial charge is 0.383 e. The predicted molar refractivity (Wildman–Crippen MR) is 127 cm³/mol. The number of ether oxygens (including phenoxy) is 1. The molecule has 2 amide bonds. The molecule has 0 saturated carbocycles. The number of carbonyl (C=O) groups is 1. The standard InChI is InChI=1S/C25H24F3N7O2/c1-15(17-4-2-16(12-29)3-5-17)32-23(36)34-7-6-24(14-34)21-11-20(33-35(21)8-9-37-24)18-10-19(25(26,27)28)22(30)31-13-18/h2-5,10-11,13,15H,6-9,14H2,1H3,(H2,30,31)(H,32,36)/t15-,24?/m1/s1. The highest BCUT2D eigenvalue weighted by Crippen LogP contribution is 2.41. The topological polar surface area (TPSA) is 122 Å². The fraction of sp³-hybridized carbons (Fsp3) is 0.360. The predicted octanol–water partition coefficient (Wildman–Crippen LogP) is 3.82. The van der Waals surface area contributed by atoms with Gasteiger partial charge in [-0.15, -0.1) is 0 Å². The van der Waals surface area contributed by atoms with Crippen LogP contribution < -0.4 is 11.1 Å². The van der Waals surface area contributed by atoms with Gasteiger partial charge in [0, 0.05) is 24.7 Å². The van der Waals surface area contributed by atoms with Crippen LogP contribution in [0.5, 0.6) is 0 Å². The highest BCUT2D eigenvalue weighted by molar-refractivity contribution is 5.75. The van der Waals surface area contributed by atoms with Gasteiger partial charge in [0.1, 0.15) is 11.4 Å². The number of carbonyl (C=O) groups excluding carboxylic acids is 1. The molecular formula is C25H24F3N7O2. The Kier molecular flexibility index (Phi) is 6.03. The molecule has 37 heavy (non-hydrogen) atoms. The lowest BCUT2D eigenvalue weighted by atomic mass is 9.96. The number of anilines is 1. The van der Waals surface area contributed by atoms with Gasteiger partial charge in [0.25, 0.3) is 0 Å². The molecule has 5 rings (SSSR count). The van der Waals surface area contributed by atoms with Gasteiger partial charge in [-0.2, -0.15) is 23.5 Å². The average molecular weight is 512 g/mol. The first-order chi connectivity index (χ1) is 17.6. The molecule has 4 heterocycles. The number of nitrogen functional groups attached to an aromatic ring is 1. The van der Waals surface area contributed by atoms with Crippen LogP contribution in [0.1, 0.15) is 41.8 Å². The van der Waals surface area contributed by atoms with Crippen molar-refractivity contribution in [1.82, 2.24) is 25.0 Å². The lowest BCUT2D eigenvalue weighted by molar-refractivity contribution is -0.137. The number of amides is 2. The zero-order valence-corrected chi connectivity index (χ0v) is 19.9. The number of urea groups is 1. The van der Waals surface area contributed by atoms with Crippen molar-refractivity contribution >= 4 is 11.8 Å². The van der Waals surface area contributed by atoms with Crippen molar-refractivity contribution in [3.05, 3.63) is 65.0 Å². The molecule has 0 aliphatic carbocycles. The normalized spacial score (nSPS) is 19.9. The maximum absolute atomic E-state index is 13.3. The van der Waals surface area contributed by atoms with Gasteiger partial charge in [-0.25, -0.2) is 9.78 Å². The number of alkyl halides is 3. The second-order valence-electron chi connectivity index (χ2n) is 9.21. The number of pyridine rings is 1. The zero-order valence-electron chi connectivity index (χ0n) is 19.9. The highest BCUT2D eigenvalue weighted by atomic mass is 19.4. The molecule has 1 saturated heterocycles. The minimum Gasteiger partial charge on any atom is -0.383 e. The van der Waals surface area contributed by atoms with Crippen LogP contribution in [-0.4, -0.2) is 45.4 Å². The maximum Gasteiger partial charge on any atom is 0.419 e. The fourth-order valence-electron chi connectivity index (χ4n) is 4.83. The zero-order chi connectivity index (χ0) is 26.4. The number of hydrogen-bond acceptors (Lipinski definition) is 6. The Bertz CT molecular complexity index is 1380. The minimum atomic E-state index is -4.63. The summed E-state index contributed by atoms with van der Waals surface area (Å²) in [6.45, 7) is 3.37. The Morgan fingerprint density at radius 2 is 2.03 bits per heavy atom. The van der Waals surface area contributed by atoms with Crippen LogP contribution in [0.25, 0.3) is 11.3 Å². The lowest BCUT2D eigenvalue weighted by Gasteiger charge is -2.34. The molecule has 1 spiro atoms. The summed E-state index contributed by atoms with van der Waals surface area (Å²) in [7, 11) is 0. The molecule has 12 heteroatoms. The van der Waals surface area contributed by atoms with Gasteiger partial charge < -0.3 is 20.7 Å². The monoisotopic (exact) mass is 511 g/mol. The van der Waals surface area contributed by atoms with E-state index >= 15 is 0 Å². The second-order valence-corrected chi connectivity index (χ2v) is 9.21. The molecule has 0 bridgehead atoms. The summed E-state index contributed by atoms with van der Waals surface area (Å²) < 4.78 is 47.9. The summed E-state index contributed by atoms with van der Waals surface area (Å²) in [6, 6.07) is 11.2. The van der Waals surface area contributed by atoms with Gasteiger partial charge in [0.2, 0.25) is 0 Å². The van der Waals surface area contributed by atoms with Crippen LogP contribution in [0.15, 0.2) is 42.6 Å². The van der Waals surface area contributed by atoms with Crippen LogP contribution in [0.4, 0.5) is 23.8 Å². The quantitative estimate of drug-likeness (QED) is 0.551. The second kappa shape index (κ2) is 9.08. The number of nitrogens with one attached hydrogen (secondary N) is 1. The largest absolute Gasteiger partial charge is 0.419 e. The van der Waals surface area contributed by atoms with E-state index in [4.69, 9.17) is 15.7 Å². The average Bonchev–Trinajstić information content (AvgIpc) is 3.50. The molecule has 0 radical (unpaired) electrons. The number of nitrogens with zero attached hydrogens (tertiary/aromatic N) is 5. The van der Waals surface area contributed by atoms with Gasteiger partial charge in [0.05, 0.1) is 54.3 Å². The van der Waals surface area contributed by atoms with Crippen LogP contribution in [-0.2, 0) is 23.1 Å². The SMILES string of the molecule is C[C@@H](NC(=O)N1CCC2(C1)OCCn1nc(-c3cnc(N)c(C(F)(F)F)c3)cc12)c1ccc(C#N)cc1. The number of nitrogens with two attached hydrogens (primary N) is 1. The first-order valence-electron chi connectivity index (χ1n) is 11.7. The number of aromatic nitrogens is 3. The van der Waals surface area contributed by atoms with Crippen molar-refractivity contribution < 1.29 is 22.7 Å². The van der Waals surface area contributed by atoms with Crippen LogP contribution in [0.3, 0.4) is 0 Å². The summed E-state index contributed by atoms with van der Waals surface area (Å²) in [5.74, 6) is -0.590. The number of hydrogen-bond donors (Lipinski definition) is 2. The summed E-state index contributed by atoms with van der Waals surface area (Å²) in [5, 5.41) is 16.5. The number of rotatable bonds is 3. The first-order valence-corrected chi connectivity index (χ1v) is 11.7. The molecule has 2 aromatic heterocycles.